The van der Waals surface area contributed by atoms with Gasteiger partial charge in [0.1, 0.15) is 5.76 Å². The van der Waals surface area contributed by atoms with Crippen LogP contribution in [0.5, 0.6) is 0 Å². The highest BCUT2D eigenvalue weighted by atomic mass is 16.5. The molecule has 134 valence electrons. The van der Waals surface area contributed by atoms with Crippen molar-refractivity contribution in [2.75, 3.05) is 11.9 Å². The Morgan fingerprint density at radius 3 is 2.76 bits per heavy atom. The Labute approximate surface area is 151 Å². The molecule has 1 aromatic carbocycles. The van der Waals surface area contributed by atoms with Crippen molar-refractivity contribution in [2.24, 2.45) is 5.92 Å². The van der Waals surface area contributed by atoms with Gasteiger partial charge in [0.2, 0.25) is 0 Å². The summed E-state index contributed by atoms with van der Waals surface area (Å²) in [6.07, 6.45) is 5.72. The van der Waals surface area contributed by atoms with Gasteiger partial charge < -0.3 is 15.2 Å². The summed E-state index contributed by atoms with van der Waals surface area (Å²) in [6.45, 7) is 15.0. The van der Waals surface area contributed by atoms with Crippen LogP contribution in [0.3, 0.4) is 0 Å². The van der Waals surface area contributed by atoms with Gasteiger partial charge in [0.25, 0.3) is 0 Å². The summed E-state index contributed by atoms with van der Waals surface area (Å²) in [4.78, 5) is 0. The van der Waals surface area contributed by atoms with E-state index in [0.29, 0.717) is 5.92 Å². The predicted octanol–water partition coefficient (Wildman–Crippen LogP) is 5.43. The normalized spacial score (nSPS) is 26.2. The van der Waals surface area contributed by atoms with Crippen molar-refractivity contribution < 1.29 is 9.84 Å². The van der Waals surface area contributed by atoms with Crippen molar-refractivity contribution >= 4 is 5.69 Å². The third-order valence-electron chi connectivity index (χ3n) is 5.26. The molecule has 0 spiro atoms. The number of ether oxygens (including phenoxy) is 1. The van der Waals surface area contributed by atoms with E-state index >= 15 is 0 Å². The van der Waals surface area contributed by atoms with Gasteiger partial charge in [-0.3, -0.25) is 0 Å². The van der Waals surface area contributed by atoms with E-state index in [1.54, 1.807) is 12.2 Å². The fourth-order valence-electron chi connectivity index (χ4n) is 3.94. The van der Waals surface area contributed by atoms with E-state index in [-0.39, 0.29) is 23.3 Å². The van der Waals surface area contributed by atoms with Crippen molar-refractivity contribution in [3.05, 3.63) is 66.0 Å². The second-order valence-corrected chi connectivity index (χ2v) is 8.11. The summed E-state index contributed by atoms with van der Waals surface area (Å²) < 4.78 is 6.22. The molecule has 2 aliphatic heterocycles. The Hall–Kier alpha value is -2.00. The standard InChI is InChI=1S/C22H29NO2/c1-6-15(12-14(2)24)20-17-8-7-11-25-21(17)18-13-16(22(3,4)5)9-10-19(18)23-20/h6,9-10,12-13,17,20-21,23-24H,1-2,7-8,11H2,3-5H3/b15-12+. The minimum atomic E-state index is 0.0545. The molecule has 2 heterocycles. The maximum absolute atomic E-state index is 9.62. The summed E-state index contributed by atoms with van der Waals surface area (Å²) >= 11 is 0. The smallest absolute Gasteiger partial charge is 0.108 e. The fraction of sp³-hybridized carbons (Fsp3) is 0.455. The second-order valence-electron chi connectivity index (χ2n) is 8.11. The van der Waals surface area contributed by atoms with Crippen LogP contribution >= 0.6 is 0 Å². The third-order valence-corrected chi connectivity index (χ3v) is 5.26. The number of benzene rings is 1. The maximum atomic E-state index is 9.62. The molecular formula is C22H29NO2. The number of nitrogens with one attached hydrogen (secondary N) is 1. The Morgan fingerprint density at radius 2 is 2.12 bits per heavy atom. The number of hydrogen-bond acceptors (Lipinski definition) is 3. The molecule has 0 amide bonds. The number of allylic oxidation sites excluding steroid dienone is 1. The molecule has 0 saturated carbocycles. The van der Waals surface area contributed by atoms with Gasteiger partial charge in [-0.2, -0.15) is 0 Å². The quantitative estimate of drug-likeness (QED) is 0.570. The summed E-state index contributed by atoms with van der Waals surface area (Å²) in [5.41, 5.74) is 4.75. The molecule has 3 nitrogen and oxygen atoms in total. The zero-order chi connectivity index (χ0) is 18.2. The summed E-state index contributed by atoms with van der Waals surface area (Å²) in [7, 11) is 0. The maximum Gasteiger partial charge on any atom is 0.108 e. The number of aliphatic hydroxyl groups is 1. The molecule has 1 aromatic rings. The Morgan fingerprint density at radius 1 is 1.36 bits per heavy atom. The van der Waals surface area contributed by atoms with Crippen molar-refractivity contribution in [1.82, 2.24) is 0 Å². The molecule has 3 rings (SSSR count). The van der Waals surface area contributed by atoms with E-state index < -0.39 is 0 Å². The number of rotatable bonds is 3. The van der Waals surface area contributed by atoms with Crippen molar-refractivity contribution in [2.45, 2.75) is 51.2 Å². The van der Waals surface area contributed by atoms with Gasteiger partial charge in [-0.15, -0.1) is 0 Å². The molecule has 3 atom stereocenters. The van der Waals surface area contributed by atoms with E-state index in [1.165, 1.54) is 11.1 Å². The van der Waals surface area contributed by atoms with Gasteiger partial charge in [0.15, 0.2) is 0 Å². The number of hydrogen-bond donors (Lipinski definition) is 2. The molecule has 25 heavy (non-hydrogen) atoms. The average molecular weight is 339 g/mol. The third kappa shape index (κ3) is 3.52. The molecule has 2 N–H and O–H groups in total. The van der Waals surface area contributed by atoms with Crippen LogP contribution in [0.15, 0.2) is 54.8 Å². The lowest BCUT2D eigenvalue weighted by atomic mass is 9.75. The number of aliphatic hydroxyl groups excluding tert-OH is 1. The molecule has 1 saturated heterocycles. The van der Waals surface area contributed by atoms with Crippen LogP contribution in [-0.4, -0.2) is 17.8 Å². The molecule has 3 heteroatoms. The minimum Gasteiger partial charge on any atom is -0.509 e. The van der Waals surface area contributed by atoms with Crippen molar-refractivity contribution in [3.8, 4) is 0 Å². The van der Waals surface area contributed by atoms with Crippen molar-refractivity contribution in [1.29, 1.82) is 0 Å². The average Bonchev–Trinajstić information content (AvgIpc) is 2.57. The van der Waals surface area contributed by atoms with Gasteiger partial charge in [-0.1, -0.05) is 52.1 Å². The second kappa shape index (κ2) is 6.72. The molecule has 0 radical (unpaired) electrons. The largest absolute Gasteiger partial charge is 0.509 e. The first-order valence-corrected chi connectivity index (χ1v) is 9.05. The zero-order valence-electron chi connectivity index (χ0n) is 15.5. The molecule has 3 unspecified atom stereocenters. The Kier molecular flexibility index (Phi) is 4.79. The highest BCUT2D eigenvalue weighted by molar-refractivity contribution is 5.60. The van der Waals surface area contributed by atoms with E-state index in [1.807, 2.05) is 0 Å². The van der Waals surface area contributed by atoms with Crippen LogP contribution in [0, 0.1) is 5.92 Å². The first-order chi connectivity index (χ1) is 11.8. The summed E-state index contributed by atoms with van der Waals surface area (Å²) in [5, 5.41) is 13.3. The van der Waals surface area contributed by atoms with Crippen LogP contribution in [-0.2, 0) is 10.2 Å². The lowest BCUT2D eigenvalue weighted by Gasteiger charge is -2.44. The van der Waals surface area contributed by atoms with E-state index in [4.69, 9.17) is 4.74 Å². The van der Waals surface area contributed by atoms with Gasteiger partial charge in [0, 0.05) is 23.8 Å². The van der Waals surface area contributed by atoms with Crippen LogP contribution in [0.25, 0.3) is 0 Å². The summed E-state index contributed by atoms with van der Waals surface area (Å²) in [6, 6.07) is 6.71. The molecule has 0 aromatic heterocycles. The highest BCUT2D eigenvalue weighted by Gasteiger charge is 2.40. The van der Waals surface area contributed by atoms with Crippen LogP contribution in [0.2, 0.25) is 0 Å². The highest BCUT2D eigenvalue weighted by Crippen LogP contribution is 2.46. The lowest BCUT2D eigenvalue weighted by molar-refractivity contribution is -0.0339. The number of anilines is 1. The van der Waals surface area contributed by atoms with Crippen LogP contribution < -0.4 is 5.32 Å². The molecule has 0 bridgehead atoms. The van der Waals surface area contributed by atoms with Gasteiger partial charge >= 0.3 is 0 Å². The first kappa shape index (κ1) is 17.8. The van der Waals surface area contributed by atoms with Crippen LogP contribution in [0.1, 0.15) is 50.8 Å². The van der Waals surface area contributed by atoms with Crippen LogP contribution in [0.4, 0.5) is 5.69 Å². The molecule has 2 aliphatic rings. The van der Waals surface area contributed by atoms with Gasteiger partial charge in [-0.25, -0.2) is 0 Å². The Balaban J connectivity index is 2.05. The topological polar surface area (TPSA) is 41.5 Å². The number of fused-ring (bicyclic) bond motifs is 3. The van der Waals surface area contributed by atoms with E-state index in [2.05, 4.69) is 57.4 Å². The lowest BCUT2D eigenvalue weighted by Crippen LogP contribution is -2.42. The Bertz CT molecular complexity index is 711. The first-order valence-electron chi connectivity index (χ1n) is 9.05. The van der Waals surface area contributed by atoms with Crippen molar-refractivity contribution in [3.63, 3.8) is 0 Å². The molecule has 0 aliphatic carbocycles. The van der Waals surface area contributed by atoms with E-state index in [0.717, 1.165) is 30.7 Å². The summed E-state index contributed by atoms with van der Waals surface area (Å²) in [5.74, 6) is 0.374. The fourth-order valence-corrected chi connectivity index (χ4v) is 3.94. The molecule has 1 fully saturated rings. The predicted molar refractivity (Wildman–Crippen MR) is 104 cm³/mol. The van der Waals surface area contributed by atoms with E-state index in [9.17, 15) is 5.11 Å². The SMILES string of the molecule is C=C/C(=C\C(=C)O)C1Nc2ccc(C(C)(C)C)cc2C2OCCCC12. The van der Waals surface area contributed by atoms with Gasteiger partial charge in [-0.05, 0) is 41.5 Å². The molecular weight excluding hydrogens is 310 g/mol. The minimum absolute atomic E-state index is 0.0545. The monoisotopic (exact) mass is 339 g/mol. The zero-order valence-corrected chi connectivity index (χ0v) is 15.5. The van der Waals surface area contributed by atoms with Gasteiger partial charge in [0.05, 0.1) is 12.1 Å².